The SMILES string of the molecule is COc1cccc2ccc(C#C[Si](C)(C)C)nc12. The van der Waals surface area contributed by atoms with E-state index in [0.29, 0.717) is 0 Å². The molecule has 1 heterocycles. The predicted molar refractivity (Wildman–Crippen MR) is 78.5 cm³/mol. The summed E-state index contributed by atoms with van der Waals surface area (Å²) in [5.74, 6) is 3.97. The van der Waals surface area contributed by atoms with Crippen LogP contribution in [0.3, 0.4) is 0 Å². The van der Waals surface area contributed by atoms with E-state index in [-0.39, 0.29) is 0 Å². The highest BCUT2D eigenvalue weighted by Gasteiger charge is 2.08. The molecule has 0 N–H and O–H groups in total. The van der Waals surface area contributed by atoms with Crippen molar-refractivity contribution in [1.82, 2.24) is 4.98 Å². The first-order chi connectivity index (χ1) is 8.49. The van der Waals surface area contributed by atoms with Crippen molar-refractivity contribution in [3.05, 3.63) is 36.0 Å². The van der Waals surface area contributed by atoms with Gasteiger partial charge in [-0.2, -0.15) is 0 Å². The van der Waals surface area contributed by atoms with E-state index in [1.807, 2.05) is 30.3 Å². The van der Waals surface area contributed by atoms with E-state index in [9.17, 15) is 0 Å². The largest absolute Gasteiger partial charge is 0.494 e. The third-order valence-electron chi connectivity index (χ3n) is 2.47. The fraction of sp³-hybridized carbons (Fsp3) is 0.267. The predicted octanol–water partition coefficient (Wildman–Crippen LogP) is 3.47. The Labute approximate surface area is 109 Å². The van der Waals surface area contributed by atoms with Crippen LogP contribution in [0.1, 0.15) is 5.69 Å². The number of benzene rings is 1. The molecule has 18 heavy (non-hydrogen) atoms. The van der Waals surface area contributed by atoms with Crippen molar-refractivity contribution >= 4 is 19.0 Å². The molecule has 1 aromatic carbocycles. The van der Waals surface area contributed by atoms with E-state index < -0.39 is 8.07 Å². The lowest BCUT2D eigenvalue weighted by atomic mass is 10.2. The van der Waals surface area contributed by atoms with E-state index in [2.05, 4.69) is 36.1 Å². The molecular formula is C15H17NOSi. The molecule has 92 valence electrons. The second-order valence-electron chi connectivity index (χ2n) is 5.23. The summed E-state index contributed by atoms with van der Waals surface area (Å²) in [7, 11) is 0.302. The first-order valence-corrected chi connectivity index (χ1v) is 9.46. The normalized spacial score (nSPS) is 10.9. The van der Waals surface area contributed by atoms with Crippen molar-refractivity contribution in [2.75, 3.05) is 7.11 Å². The van der Waals surface area contributed by atoms with Gasteiger partial charge in [-0.15, -0.1) is 5.54 Å². The van der Waals surface area contributed by atoms with Gasteiger partial charge in [0.15, 0.2) is 0 Å². The molecule has 2 nitrogen and oxygen atoms in total. The number of ether oxygens (including phenoxy) is 1. The van der Waals surface area contributed by atoms with E-state index >= 15 is 0 Å². The number of fused-ring (bicyclic) bond motifs is 1. The van der Waals surface area contributed by atoms with Gasteiger partial charge in [-0.1, -0.05) is 37.7 Å². The number of nitrogens with zero attached hydrogens (tertiary/aromatic N) is 1. The molecule has 2 rings (SSSR count). The van der Waals surface area contributed by atoms with E-state index in [1.54, 1.807) is 7.11 Å². The molecule has 0 aliphatic carbocycles. The monoisotopic (exact) mass is 255 g/mol. The zero-order chi connectivity index (χ0) is 13.2. The fourth-order valence-corrected chi connectivity index (χ4v) is 2.11. The molecule has 0 saturated carbocycles. The van der Waals surface area contributed by atoms with Gasteiger partial charge >= 0.3 is 0 Å². The number of rotatable bonds is 1. The second kappa shape index (κ2) is 4.83. The second-order valence-corrected chi connectivity index (χ2v) is 9.98. The van der Waals surface area contributed by atoms with Crippen molar-refractivity contribution < 1.29 is 4.74 Å². The third kappa shape index (κ3) is 2.90. The van der Waals surface area contributed by atoms with Gasteiger partial charge in [-0.05, 0) is 18.2 Å². The maximum Gasteiger partial charge on any atom is 0.145 e. The molecule has 0 bridgehead atoms. The lowest BCUT2D eigenvalue weighted by Crippen LogP contribution is -2.16. The number of hydrogen-bond donors (Lipinski definition) is 0. The number of hydrogen-bond acceptors (Lipinski definition) is 2. The summed E-state index contributed by atoms with van der Waals surface area (Å²) in [4.78, 5) is 4.57. The average Bonchev–Trinajstić information content (AvgIpc) is 2.34. The quantitative estimate of drug-likeness (QED) is 0.575. The highest BCUT2D eigenvalue weighted by Crippen LogP contribution is 2.23. The van der Waals surface area contributed by atoms with Crippen LogP contribution in [-0.4, -0.2) is 20.2 Å². The van der Waals surface area contributed by atoms with Crippen LogP contribution in [0.5, 0.6) is 5.75 Å². The highest BCUT2D eigenvalue weighted by molar-refractivity contribution is 6.83. The molecule has 0 fully saturated rings. The first kappa shape index (κ1) is 12.7. The van der Waals surface area contributed by atoms with Gasteiger partial charge in [-0.3, -0.25) is 0 Å². The number of aromatic nitrogens is 1. The van der Waals surface area contributed by atoms with Crippen molar-refractivity contribution in [2.24, 2.45) is 0 Å². The Morgan fingerprint density at radius 1 is 1.11 bits per heavy atom. The zero-order valence-electron chi connectivity index (χ0n) is 11.2. The summed E-state index contributed by atoms with van der Waals surface area (Å²) in [5.41, 5.74) is 5.02. The van der Waals surface area contributed by atoms with Gasteiger partial charge in [0.25, 0.3) is 0 Å². The van der Waals surface area contributed by atoms with E-state index in [1.165, 1.54) is 0 Å². The standard InChI is InChI=1S/C15H17NOSi/c1-17-14-7-5-6-12-8-9-13(16-15(12)14)10-11-18(2,3)4/h5-9H,1-4H3. The van der Waals surface area contributed by atoms with Gasteiger partial charge in [0.05, 0.1) is 7.11 Å². The first-order valence-electron chi connectivity index (χ1n) is 5.96. The summed E-state index contributed by atoms with van der Waals surface area (Å²) in [6.45, 7) is 6.67. The van der Waals surface area contributed by atoms with Crippen molar-refractivity contribution in [2.45, 2.75) is 19.6 Å². The minimum Gasteiger partial charge on any atom is -0.494 e. The molecule has 0 radical (unpaired) electrons. The Morgan fingerprint density at radius 3 is 2.56 bits per heavy atom. The molecule has 0 aliphatic heterocycles. The number of para-hydroxylation sites is 1. The van der Waals surface area contributed by atoms with Crippen LogP contribution in [-0.2, 0) is 0 Å². The average molecular weight is 255 g/mol. The molecule has 3 heteroatoms. The third-order valence-corrected chi connectivity index (χ3v) is 3.34. The summed E-state index contributed by atoms with van der Waals surface area (Å²) in [6.07, 6.45) is 0. The molecule has 0 saturated heterocycles. The van der Waals surface area contributed by atoms with E-state index in [0.717, 1.165) is 22.3 Å². The Hall–Kier alpha value is -1.79. The lowest BCUT2D eigenvalue weighted by molar-refractivity contribution is 0.419. The minimum absolute atomic E-state index is 0.796. The van der Waals surface area contributed by atoms with Crippen molar-refractivity contribution in [3.63, 3.8) is 0 Å². The van der Waals surface area contributed by atoms with Crippen LogP contribution in [0, 0.1) is 11.5 Å². The molecule has 0 aliphatic rings. The highest BCUT2D eigenvalue weighted by atomic mass is 28.3. The van der Waals surface area contributed by atoms with Crippen LogP contribution in [0.15, 0.2) is 30.3 Å². The maximum absolute atomic E-state index is 5.33. The Bertz CT molecular complexity index is 632. The van der Waals surface area contributed by atoms with E-state index in [4.69, 9.17) is 4.74 Å². The molecule has 0 amide bonds. The number of pyridine rings is 1. The van der Waals surface area contributed by atoms with Gasteiger partial charge < -0.3 is 4.74 Å². The van der Waals surface area contributed by atoms with Crippen LogP contribution in [0.4, 0.5) is 0 Å². The lowest BCUT2D eigenvalue weighted by Gasteiger charge is -2.05. The summed E-state index contributed by atoms with van der Waals surface area (Å²) in [6, 6.07) is 9.93. The molecule has 0 unspecified atom stereocenters. The smallest absolute Gasteiger partial charge is 0.145 e. The van der Waals surface area contributed by atoms with Crippen LogP contribution < -0.4 is 4.74 Å². The van der Waals surface area contributed by atoms with Gasteiger partial charge in [-0.25, -0.2) is 4.98 Å². The minimum atomic E-state index is -1.36. The molecule has 2 aromatic rings. The van der Waals surface area contributed by atoms with Crippen molar-refractivity contribution in [1.29, 1.82) is 0 Å². The topological polar surface area (TPSA) is 22.1 Å². The summed E-state index contributed by atoms with van der Waals surface area (Å²) < 4.78 is 5.33. The van der Waals surface area contributed by atoms with Gasteiger partial charge in [0, 0.05) is 5.39 Å². The van der Waals surface area contributed by atoms with Gasteiger partial charge in [0.2, 0.25) is 0 Å². The zero-order valence-corrected chi connectivity index (χ0v) is 12.2. The number of methoxy groups -OCH3 is 1. The van der Waals surface area contributed by atoms with Crippen molar-refractivity contribution in [3.8, 4) is 17.2 Å². The fourth-order valence-electron chi connectivity index (χ4n) is 1.61. The molecule has 0 atom stereocenters. The Balaban J connectivity index is 2.52. The van der Waals surface area contributed by atoms with Gasteiger partial charge in [0.1, 0.15) is 25.0 Å². The summed E-state index contributed by atoms with van der Waals surface area (Å²) >= 11 is 0. The van der Waals surface area contributed by atoms with Crippen LogP contribution >= 0.6 is 0 Å². The Morgan fingerprint density at radius 2 is 1.89 bits per heavy atom. The molecule has 0 spiro atoms. The van der Waals surface area contributed by atoms with Crippen LogP contribution in [0.2, 0.25) is 19.6 Å². The molecule has 1 aromatic heterocycles. The summed E-state index contributed by atoms with van der Waals surface area (Å²) in [5, 5.41) is 1.08. The van der Waals surface area contributed by atoms with Crippen LogP contribution in [0.25, 0.3) is 10.9 Å². The molecular weight excluding hydrogens is 238 g/mol. The maximum atomic E-state index is 5.33. The Kier molecular flexibility index (Phi) is 3.40.